The number of hydrogen-bond acceptors (Lipinski definition) is 4. The Morgan fingerprint density at radius 2 is 2.10 bits per heavy atom. The second kappa shape index (κ2) is 4.06. The molecule has 2 N–H and O–H groups in total. The van der Waals surface area contributed by atoms with E-state index in [1.165, 1.54) is 12.8 Å². The van der Waals surface area contributed by atoms with Crippen molar-refractivity contribution in [2.24, 2.45) is 7.05 Å². The number of rotatable bonds is 3. The fourth-order valence-corrected chi connectivity index (χ4v) is 2.77. The summed E-state index contributed by atoms with van der Waals surface area (Å²) < 4.78 is 3.81. The molecule has 2 heterocycles. The minimum Gasteiger partial charge on any atom is -0.381 e. The monoisotopic (exact) mass is 268 g/mol. The lowest BCUT2D eigenvalue weighted by Crippen LogP contribution is -2.07. The summed E-state index contributed by atoms with van der Waals surface area (Å²) >= 11 is 0. The maximum absolute atomic E-state index is 5.93. The summed E-state index contributed by atoms with van der Waals surface area (Å²) in [5, 5.41) is 14.0. The van der Waals surface area contributed by atoms with Gasteiger partial charge < -0.3 is 5.73 Å². The highest BCUT2D eigenvalue weighted by Gasteiger charge is 2.30. The van der Waals surface area contributed by atoms with Crippen LogP contribution in [0.3, 0.4) is 0 Å². The van der Waals surface area contributed by atoms with Gasteiger partial charge in [-0.25, -0.2) is 4.68 Å². The number of aryl methyl sites for hydroxylation is 1. The van der Waals surface area contributed by atoms with Gasteiger partial charge in [0.25, 0.3) is 0 Å². The normalized spacial score (nSPS) is 15.1. The molecule has 0 aliphatic heterocycles. The molecule has 1 saturated carbocycles. The summed E-state index contributed by atoms with van der Waals surface area (Å²) in [7, 11) is 1.96. The second-order valence-electron chi connectivity index (χ2n) is 5.38. The Hall–Kier alpha value is -2.37. The molecule has 0 unspecified atom stereocenters. The summed E-state index contributed by atoms with van der Waals surface area (Å²) in [5.74, 6) is 1.09. The van der Waals surface area contributed by atoms with E-state index in [4.69, 9.17) is 5.73 Å². The van der Waals surface area contributed by atoms with E-state index in [9.17, 15) is 0 Å². The number of anilines is 1. The van der Waals surface area contributed by atoms with Crippen LogP contribution in [0.25, 0.3) is 10.9 Å². The molecule has 0 spiro atoms. The van der Waals surface area contributed by atoms with Gasteiger partial charge in [-0.3, -0.25) is 4.68 Å². The van der Waals surface area contributed by atoms with Crippen molar-refractivity contribution in [1.82, 2.24) is 24.8 Å². The highest BCUT2D eigenvalue weighted by Crippen LogP contribution is 2.42. The zero-order valence-corrected chi connectivity index (χ0v) is 11.3. The predicted octanol–water partition coefficient (Wildman–Crippen LogP) is 1.67. The number of para-hydroxylation sites is 1. The van der Waals surface area contributed by atoms with Gasteiger partial charge in [0.1, 0.15) is 0 Å². The number of nitrogen functional groups attached to an aromatic ring is 1. The first-order chi connectivity index (χ1) is 9.74. The van der Waals surface area contributed by atoms with Gasteiger partial charge in [-0.15, -0.1) is 5.10 Å². The summed E-state index contributed by atoms with van der Waals surface area (Å²) in [5.41, 5.74) is 9.14. The zero-order chi connectivity index (χ0) is 13.7. The Balaban J connectivity index is 1.78. The van der Waals surface area contributed by atoms with Crippen LogP contribution in [0.1, 0.15) is 30.1 Å². The Bertz CT molecular complexity index is 780. The van der Waals surface area contributed by atoms with E-state index < -0.39 is 0 Å². The van der Waals surface area contributed by atoms with Gasteiger partial charge in [0.2, 0.25) is 0 Å². The van der Waals surface area contributed by atoms with Crippen molar-refractivity contribution in [2.45, 2.75) is 25.3 Å². The van der Waals surface area contributed by atoms with Crippen LogP contribution in [0.4, 0.5) is 5.82 Å². The van der Waals surface area contributed by atoms with E-state index in [2.05, 4.69) is 27.5 Å². The zero-order valence-electron chi connectivity index (χ0n) is 11.3. The molecule has 0 atom stereocenters. The van der Waals surface area contributed by atoms with Gasteiger partial charge in [0.15, 0.2) is 5.82 Å². The second-order valence-corrected chi connectivity index (χ2v) is 5.38. The molecule has 1 aliphatic carbocycles. The van der Waals surface area contributed by atoms with Crippen molar-refractivity contribution < 1.29 is 0 Å². The summed E-state index contributed by atoms with van der Waals surface area (Å²) in [6.07, 6.45) is 2.36. The van der Waals surface area contributed by atoms with Gasteiger partial charge >= 0.3 is 0 Å². The maximum Gasteiger partial charge on any atom is 0.169 e. The topological polar surface area (TPSA) is 74.5 Å². The van der Waals surface area contributed by atoms with Crippen LogP contribution in [0, 0.1) is 0 Å². The highest BCUT2D eigenvalue weighted by atomic mass is 15.5. The van der Waals surface area contributed by atoms with E-state index in [-0.39, 0.29) is 0 Å². The molecule has 2 aromatic heterocycles. The SMILES string of the molecule is Cn1nc(Cn2nnc(N)c2C2CC2)c2ccccc21. The number of nitrogens with zero attached hydrogens (tertiary/aromatic N) is 5. The molecular formula is C14H16N6. The predicted molar refractivity (Wildman–Crippen MR) is 76.2 cm³/mol. The molecule has 0 bridgehead atoms. The number of fused-ring (bicyclic) bond motifs is 1. The van der Waals surface area contributed by atoms with Crippen molar-refractivity contribution in [3.05, 3.63) is 35.7 Å². The van der Waals surface area contributed by atoms with Crippen LogP contribution in [-0.4, -0.2) is 24.8 Å². The minimum atomic E-state index is 0.528. The Labute approximate surface area is 116 Å². The first-order valence-corrected chi connectivity index (χ1v) is 6.83. The number of nitrogens with two attached hydrogens (primary N) is 1. The average Bonchev–Trinajstić information content (AvgIpc) is 3.15. The highest BCUT2D eigenvalue weighted by molar-refractivity contribution is 5.81. The van der Waals surface area contributed by atoms with Crippen molar-refractivity contribution in [3.8, 4) is 0 Å². The molecule has 1 aliphatic rings. The van der Waals surface area contributed by atoms with E-state index in [1.807, 2.05) is 28.5 Å². The molecule has 0 saturated heterocycles. The lowest BCUT2D eigenvalue weighted by molar-refractivity contribution is 0.602. The van der Waals surface area contributed by atoms with Crippen LogP contribution >= 0.6 is 0 Å². The maximum atomic E-state index is 5.93. The summed E-state index contributed by atoms with van der Waals surface area (Å²) in [6.45, 7) is 0.622. The average molecular weight is 268 g/mol. The van der Waals surface area contributed by atoms with Crippen molar-refractivity contribution in [3.63, 3.8) is 0 Å². The molecule has 6 nitrogen and oxygen atoms in total. The molecule has 20 heavy (non-hydrogen) atoms. The van der Waals surface area contributed by atoms with E-state index in [0.717, 1.165) is 22.3 Å². The largest absolute Gasteiger partial charge is 0.381 e. The van der Waals surface area contributed by atoms with E-state index >= 15 is 0 Å². The van der Waals surface area contributed by atoms with Gasteiger partial charge in [-0.2, -0.15) is 5.10 Å². The standard InChI is InChI=1S/C14H16N6/c1-19-12-5-3-2-4-10(12)11(17-19)8-20-13(9-6-7-9)14(15)16-18-20/h2-5,9H,6-8,15H2,1H3. The Morgan fingerprint density at radius 3 is 2.90 bits per heavy atom. The van der Waals surface area contributed by atoms with Crippen LogP contribution in [0.2, 0.25) is 0 Å². The quantitative estimate of drug-likeness (QED) is 0.784. The molecule has 0 amide bonds. The minimum absolute atomic E-state index is 0.528. The fourth-order valence-electron chi connectivity index (χ4n) is 2.77. The van der Waals surface area contributed by atoms with Gasteiger partial charge in [-0.1, -0.05) is 23.4 Å². The van der Waals surface area contributed by atoms with Crippen LogP contribution < -0.4 is 5.73 Å². The number of aromatic nitrogens is 5. The van der Waals surface area contributed by atoms with E-state index in [0.29, 0.717) is 18.3 Å². The smallest absolute Gasteiger partial charge is 0.169 e. The van der Waals surface area contributed by atoms with Gasteiger partial charge in [0.05, 0.1) is 23.4 Å². The van der Waals surface area contributed by atoms with Crippen LogP contribution in [0.5, 0.6) is 0 Å². The summed E-state index contributed by atoms with van der Waals surface area (Å²) in [6, 6.07) is 8.22. The third-order valence-corrected chi connectivity index (χ3v) is 3.90. The number of benzene rings is 1. The third kappa shape index (κ3) is 1.68. The first kappa shape index (κ1) is 11.5. The molecule has 6 heteroatoms. The van der Waals surface area contributed by atoms with Gasteiger partial charge in [-0.05, 0) is 18.9 Å². The van der Waals surface area contributed by atoms with Crippen molar-refractivity contribution >= 4 is 16.7 Å². The Kier molecular flexibility index (Phi) is 2.33. The first-order valence-electron chi connectivity index (χ1n) is 6.83. The molecule has 102 valence electrons. The third-order valence-electron chi connectivity index (χ3n) is 3.90. The fraction of sp³-hybridized carbons (Fsp3) is 0.357. The molecule has 4 rings (SSSR count). The van der Waals surface area contributed by atoms with Crippen LogP contribution in [-0.2, 0) is 13.6 Å². The number of hydrogen-bond donors (Lipinski definition) is 1. The molecular weight excluding hydrogens is 252 g/mol. The lowest BCUT2D eigenvalue weighted by Gasteiger charge is -2.04. The van der Waals surface area contributed by atoms with E-state index in [1.54, 1.807) is 0 Å². The summed E-state index contributed by atoms with van der Waals surface area (Å²) in [4.78, 5) is 0. The molecule has 3 aromatic rings. The molecule has 0 radical (unpaired) electrons. The Morgan fingerprint density at radius 1 is 1.30 bits per heavy atom. The molecule has 1 aromatic carbocycles. The van der Waals surface area contributed by atoms with Crippen molar-refractivity contribution in [2.75, 3.05) is 5.73 Å². The van der Waals surface area contributed by atoms with Crippen molar-refractivity contribution in [1.29, 1.82) is 0 Å². The van der Waals surface area contributed by atoms with Crippen LogP contribution in [0.15, 0.2) is 24.3 Å². The van der Waals surface area contributed by atoms with Gasteiger partial charge in [0, 0.05) is 18.4 Å². The lowest BCUT2D eigenvalue weighted by atomic mass is 10.2. The molecule has 1 fully saturated rings.